The van der Waals surface area contributed by atoms with Crippen molar-refractivity contribution in [3.8, 4) is 5.75 Å². The van der Waals surface area contributed by atoms with Crippen LogP contribution < -0.4 is 4.74 Å². The molecule has 0 amide bonds. The Morgan fingerprint density at radius 3 is 2.58 bits per heavy atom. The third kappa shape index (κ3) is 3.60. The number of aromatic nitrogens is 1. The maximum atomic E-state index is 12.1. The normalized spacial score (nSPS) is 10.5. The molecule has 6 heteroatoms. The SMILES string of the molecule is CCOc1ccc(C(=O)COC(=O)c2ccc3ncsc3c2)cc1. The summed E-state index contributed by atoms with van der Waals surface area (Å²) < 4.78 is 11.3. The molecule has 0 spiro atoms. The number of hydrogen-bond donors (Lipinski definition) is 0. The molecule has 0 aliphatic rings. The number of rotatable bonds is 6. The second-order valence-corrected chi connectivity index (χ2v) is 5.88. The number of hydrogen-bond acceptors (Lipinski definition) is 6. The Morgan fingerprint density at radius 1 is 1.08 bits per heavy atom. The van der Waals surface area contributed by atoms with Gasteiger partial charge in [-0.2, -0.15) is 0 Å². The maximum Gasteiger partial charge on any atom is 0.338 e. The molecule has 122 valence electrons. The van der Waals surface area contributed by atoms with Crippen molar-refractivity contribution in [3.05, 3.63) is 59.1 Å². The van der Waals surface area contributed by atoms with Gasteiger partial charge in [0.05, 0.1) is 27.9 Å². The van der Waals surface area contributed by atoms with E-state index in [1.807, 2.05) is 6.92 Å². The van der Waals surface area contributed by atoms with Gasteiger partial charge in [0.25, 0.3) is 0 Å². The fraction of sp³-hybridized carbons (Fsp3) is 0.167. The Labute approximate surface area is 142 Å². The van der Waals surface area contributed by atoms with Crippen molar-refractivity contribution in [2.24, 2.45) is 0 Å². The first kappa shape index (κ1) is 16.1. The molecule has 0 bridgehead atoms. The standard InChI is InChI=1S/C18H15NO4S/c1-2-22-14-6-3-12(4-7-14)16(20)10-23-18(21)13-5-8-15-17(9-13)24-11-19-15/h3-9,11H,2,10H2,1H3. The third-order valence-electron chi connectivity index (χ3n) is 3.39. The summed E-state index contributed by atoms with van der Waals surface area (Å²) in [5.74, 6) is -0.0845. The number of esters is 1. The third-order valence-corrected chi connectivity index (χ3v) is 4.18. The van der Waals surface area contributed by atoms with E-state index in [2.05, 4.69) is 4.98 Å². The number of thiazole rings is 1. The van der Waals surface area contributed by atoms with Gasteiger partial charge in [0.2, 0.25) is 0 Å². The van der Waals surface area contributed by atoms with Gasteiger partial charge >= 0.3 is 5.97 Å². The molecule has 0 saturated carbocycles. The molecule has 0 aliphatic carbocycles. The van der Waals surface area contributed by atoms with E-state index in [0.29, 0.717) is 23.5 Å². The first-order valence-electron chi connectivity index (χ1n) is 7.44. The lowest BCUT2D eigenvalue weighted by Gasteiger charge is -2.06. The summed E-state index contributed by atoms with van der Waals surface area (Å²) in [7, 11) is 0. The predicted octanol–water partition coefficient (Wildman–Crippen LogP) is 3.73. The largest absolute Gasteiger partial charge is 0.494 e. The van der Waals surface area contributed by atoms with Crippen molar-refractivity contribution in [1.29, 1.82) is 0 Å². The fourth-order valence-corrected chi connectivity index (χ4v) is 2.90. The molecule has 0 radical (unpaired) electrons. The summed E-state index contributed by atoms with van der Waals surface area (Å²) in [6.45, 7) is 2.16. The van der Waals surface area contributed by atoms with Crippen molar-refractivity contribution >= 4 is 33.3 Å². The molecule has 1 aromatic heterocycles. The molecular weight excluding hydrogens is 326 g/mol. The van der Waals surface area contributed by atoms with E-state index in [-0.39, 0.29) is 12.4 Å². The highest BCUT2D eigenvalue weighted by atomic mass is 32.1. The van der Waals surface area contributed by atoms with E-state index < -0.39 is 5.97 Å². The van der Waals surface area contributed by atoms with Gasteiger partial charge in [0.15, 0.2) is 12.4 Å². The van der Waals surface area contributed by atoms with Crippen LogP contribution >= 0.6 is 11.3 Å². The number of benzene rings is 2. The lowest BCUT2D eigenvalue weighted by Crippen LogP contribution is -2.14. The van der Waals surface area contributed by atoms with Crippen LogP contribution in [-0.4, -0.2) is 30.0 Å². The zero-order valence-electron chi connectivity index (χ0n) is 13.0. The van der Waals surface area contributed by atoms with Gasteiger partial charge in [-0.15, -0.1) is 11.3 Å². The van der Waals surface area contributed by atoms with Crippen LogP contribution in [0.25, 0.3) is 10.2 Å². The van der Waals surface area contributed by atoms with Gasteiger partial charge in [0.1, 0.15) is 5.75 Å². The Kier molecular flexibility index (Phi) is 4.86. The van der Waals surface area contributed by atoms with E-state index in [9.17, 15) is 9.59 Å². The molecule has 2 aromatic carbocycles. The molecule has 3 rings (SSSR count). The monoisotopic (exact) mass is 341 g/mol. The summed E-state index contributed by atoms with van der Waals surface area (Å²) in [4.78, 5) is 28.3. The highest BCUT2D eigenvalue weighted by molar-refractivity contribution is 7.16. The van der Waals surface area contributed by atoms with Crippen molar-refractivity contribution in [2.45, 2.75) is 6.92 Å². The molecule has 24 heavy (non-hydrogen) atoms. The van der Waals surface area contributed by atoms with Crippen molar-refractivity contribution < 1.29 is 19.1 Å². The second-order valence-electron chi connectivity index (χ2n) is 4.99. The Hall–Kier alpha value is -2.73. The molecule has 3 aromatic rings. The van der Waals surface area contributed by atoms with Gasteiger partial charge in [-0.05, 0) is 49.4 Å². The van der Waals surface area contributed by atoms with Crippen LogP contribution in [-0.2, 0) is 4.74 Å². The molecule has 0 unspecified atom stereocenters. The summed E-state index contributed by atoms with van der Waals surface area (Å²) >= 11 is 1.45. The van der Waals surface area contributed by atoms with E-state index in [1.165, 1.54) is 11.3 Å². The van der Waals surface area contributed by atoms with Crippen molar-refractivity contribution in [3.63, 3.8) is 0 Å². The van der Waals surface area contributed by atoms with Gasteiger partial charge in [-0.1, -0.05) is 0 Å². The Balaban J connectivity index is 1.61. The first-order chi connectivity index (χ1) is 11.7. The van der Waals surface area contributed by atoms with Crippen LogP contribution in [0.15, 0.2) is 48.0 Å². The average molecular weight is 341 g/mol. The van der Waals surface area contributed by atoms with Crippen molar-refractivity contribution in [1.82, 2.24) is 4.98 Å². The van der Waals surface area contributed by atoms with E-state index >= 15 is 0 Å². The smallest absolute Gasteiger partial charge is 0.338 e. The lowest BCUT2D eigenvalue weighted by atomic mass is 10.1. The molecule has 0 N–H and O–H groups in total. The van der Waals surface area contributed by atoms with Gasteiger partial charge in [-0.3, -0.25) is 4.79 Å². The minimum atomic E-state index is -0.524. The van der Waals surface area contributed by atoms with E-state index in [1.54, 1.807) is 48.0 Å². The van der Waals surface area contributed by atoms with E-state index in [0.717, 1.165) is 10.2 Å². The number of Topliss-reactive ketones (excluding diaryl/α,β-unsaturated/α-hetero) is 1. The van der Waals surface area contributed by atoms with Crippen LogP contribution in [0.4, 0.5) is 0 Å². The minimum Gasteiger partial charge on any atom is -0.494 e. The second kappa shape index (κ2) is 7.23. The topological polar surface area (TPSA) is 65.5 Å². The van der Waals surface area contributed by atoms with Gasteiger partial charge in [-0.25, -0.2) is 9.78 Å². The maximum absolute atomic E-state index is 12.1. The van der Waals surface area contributed by atoms with Crippen LogP contribution in [0.2, 0.25) is 0 Å². The van der Waals surface area contributed by atoms with Crippen molar-refractivity contribution in [2.75, 3.05) is 13.2 Å². The molecule has 0 saturated heterocycles. The first-order valence-corrected chi connectivity index (χ1v) is 8.32. The molecule has 0 aliphatic heterocycles. The number of carbonyl (C=O) groups is 2. The minimum absolute atomic E-state index is 0.259. The molecule has 0 fully saturated rings. The summed E-state index contributed by atoms with van der Waals surface area (Å²) in [5.41, 5.74) is 3.44. The lowest BCUT2D eigenvalue weighted by molar-refractivity contribution is 0.0475. The van der Waals surface area contributed by atoms with Crippen LogP contribution in [0.5, 0.6) is 5.75 Å². The Morgan fingerprint density at radius 2 is 1.83 bits per heavy atom. The van der Waals surface area contributed by atoms with Gasteiger partial charge < -0.3 is 9.47 Å². The zero-order valence-corrected chi connectivity index (χ0v) is 13.8. The number of nitrogens with zero attached hydrogens (tertiary/aromatic N) is 1. The van der Waals surface area contributed by atoms with Crippen LogP contribution in [0.3, 0.4) is 0 Å². The number of ether oxygens (including phenoxy) is 2. The van der Waals surface area contributed by atoms with Crippen LogP contribution in [0.1, 0.15) is 27.6 Å². The molecule has 1 heterocycles. The number of ketones is 1. The number of carbonyl (C=O) groups excluding carboxylic acids is 2. The quantitative estimate of drug-likeness (QED) is 0.505. The van der Waals surface area contributed by atoms with E-state index in [4.69, 9.17) is 9.47 Å². The van der Waals surface area contributed by atoms with Gasteiger partial charge in [0, 0.05) is 5.56 Å². The Bertz CT molecular complexity index is 870. The van der Waals surface area contributed by atoms with Crippen LogP contribution in [0, 0.1) is 0 Å². The fourth-order valence-electron chi connectivity index (χ4n) is 2.18. The highest BCUT2D eigenvalue weighted by Gasteiger charge is 2.13. The molecule has 5 nitrogen and oxygen atoms in total. The summed E-state index contributed by atoms with van der Waals surface area (Å²) in [5, 5.41) is 0. The number of fused-ring (bicyclic) bond motifs is 1. The molecule has 0 atom stereocenters. The molecular formula is C18H15NO4S. The predicted molar refractivity (Wildman–Crippen MR) is 91.8 cm³/mol. The highest BCUT2D eigenvalue weighted by Crippen LogP contribution is 2.19. The average Bonchev–Trinajstić information content (AvgIpc) is 3.08. The summed E-state index contributed by atoms with van der Waals surface area (Å²) in [6.07, 6.45) is 0. The summed E-state index contributed by atoms with van der Waals surface area (Å²) in [6, 6.07) is 11.9. The zero-order chi connectivity index (χ0) is 16.9.